The minimum absolute atomic E-state index is 0.329. The molecule has 0 bridgehead atoms. The second-order valence-corrected chi connectivity index (χ2v) is 4.92. The molecule has 1 atom stereocenters. The number of carbonyl (C=O) groups is 1. The summed E-state index contributed by atoms with van der Waals surface area (Å²) in [6, 6.07) is 10.0. The molecule has 19 heavy (non-hydrogen) atoms. The quantitative estimate of drug-likeness (QED) is 0.917. The van der Waals surface area contributed by atoms with Gasteiger partial charge in [-0.25, -0.2) is 4.98 Å². The molecule has 1 unspecified atom stereocenters. The predicted octanol–water partition coefficient (Wildman–Crippen LogP) is 2.45. The standard InChI is InChI=1S/C15H15NO3/c17-15(18)11-6-7-12-13(9-11)19-14(16-12)8-10-4-2-1-3-5-10/h1-5,11H,6-9H2,(H,17,18). The Morgan fingerprint density at radius 1 is 1.37 bits per heavy atom. The van der Waals surface area contributed by atoms with Crippen LogP contribution in [0, 0.1) is 5.92 Å². The summed E-state index contributed by atoms with van der Waals surface area (Å²) in [6.07, 6.45) is 2.47. The third kappa shape index (κ3) is 2.52. The molecule has 1 aliphatic carbocycles. The normalized spacial score (nSPS) is 18.0. The number of rotatable bonds is 3. The van der Waals surface area contributed by atoms with Gasteiger partial charge in [-0.15, -0.1) is 0 Å². The zero-order valence-corrected chi connectivity index (χ0v) is 10.5. The van der Waals surface area contributed by atoms with Crippen molar-refractivity contribution in [2.75, 3.05) is 0 Å². The van der Waals surface area contributed by atoms with Gasteiger partial charge in [-0.05, 0) is 18.4 Å². The van der Waals surface area contributed by atoms with Crippen LogP contribution in [0.25, 0.3) is 0 Å². The van der Waals surface area contributed by atoms with Crippen molar-refractivity contribution in [2.45, 2.75) is 25.7 Å². The van der Waals surface area contributed by atoms with E-state index in [2.05, 4.69) is 4.98 Å². The molecular weight excluding hydrogens is 242 g/mol. The number of hydrogen-bond donors (Lipinski definition) is 1. The fourth-order valence-corrected chi connectivity index (χ4v) is 2.49. The highest BCUT2D eigenvalue weighted by Crippen LogP contribution is 2.27. The molecule has 3 rings (SSSR count). The van der Waals surface area contributed by atoms with Crippen LogP contribution in [0.5, 0.6) is 0 Å². The summed E-state index contributed by atoms with van der Waals surface area (Å²) in [6.45, 7) is 0. The smallest absolute Gasteiger partial charge is 0.306 e. The number of aliphatic carboxylic acids is 1. The summed E-state index contributed by atoms with van der Waals surface area (Å²) in [5.41, 5.74) is 2.08. The predicted molar refractivity (Wildman–Crippen MR) is 68.9 cm³/mol. The number of fused-ring (bicyclic) bond motifs is 1. The van der Waals surface area contributed by atoms with E-state index in [1.807, 2.05) is 30.3 Å². The van der Waals surface area contributed by atoms with Crippen LogP contribution in [0.4, 0.5) is 0 Å². The molecule has 0 radical (unpaired) electrons. The van der Waals surface area contributed by atoms with E-state index in [1.54, 1.807) is 0 Å². The molecule has 2 aromatic rings. The Morgan fingerprint density at radius 2 is 2.16 bits per heavy atom. The Kier molecular flexibility index (Phi) is 3.07. The lowest BCUT2D eigenvalue weighted by atomic mass is 9.91. The van der Waals surface area contributed by atoms with Crippen molar-refractivity contribution < 1.29 is 14.3 Å². The second-order valence-electron chi connectivity index (χ2n) is 4.92. The lowest BCUT2D eigenvalue weighted by Gasteiger charge is -2.15. The van der Waals surface area contributed by atoms with Crippen LogP contribution in [0.1, 0.15) is 29.3 Å². The molecule has 0 spiro atoms. The summed E-state index contributed by atoms with van der Waals surface area (Å²) in [5, 5.41) is 9.04. The maximum Gasteiger partial charge on any atom is 0.306 e. The Morgan fingerprint density at radius 3 is 2.89 bits per heavy atom. The molecule has 0 saturated heterocycles. The van der Waals surface area contributed by atoms with Gasteiger partial charge in [0.2, 0.25) is 0 Å². The Balaban J connectivity index is 1.78. The number of carboxylic acids is 1. The number of aryl methyl sites for hydroxylation is 1. The van der Waals surface area contributed by atoms with Gasteiger partial charge in [0.25, 0.3) is 0 Å². The van der Waals surface area contributed by atoms with E-state index in [0.29, 0.717) is 31.6 Å². The summed E-state index contributed by atoms with van der Waals surface area (Å²) in [4.78, 5) is 15.5. The lowest BCUT2D eigenvalue weighted by molar-refractivity contribution is -0.142. The molecule has 1 aliphatic rings. The molecule has 1 aromatic carbocycles. The fourth-order valence-electron chi connectivity index (χ4n) is 2.49. The molecule has 0 amide bonds. The highest BCUT2D eigenvalue weighted by atomic mass is 16.4. The van der Waals surface area contributed by atoms with Gasteiger partial charge >= 0.3 is 5.97 Å². The van der Waals surface area contributed by atoms with Gasteiger partial charge in [-0.3, -0.25) is 4.79 Å². The summed E-state index contributed by atoms with van der Waals surface area (Å²) in [5.74, 6) is 0.364. The molecule has 0 saturated carbocycles. The van der Waals surface area contributed by atoms with Crippen molar-refractivity contribution in [1.29, 1.82) is 0 Å². The third-order valence-electron chi connectivity index (χ3n) is 3.53. The van der Waals surface area contributed by atoms with Crippen molar-refractivity contribution in [1.82, 2.24) is 4.98 Å². The molecule has 1 heterocycles. The van der Waals surface area contributed by atoms with Crippen LogP contribution in [-0.4, -0.2) is 16.1 Å². The van der Waals surface area contributed by atoms with E-state index < -0.39 is 5.97 Å². The number of benzene rings is 1. The number of nitrogens with zero attached hydrogens (tertiary/aromatic N) is 1. The number of aromatic nitrogens is 1. The highest BCUT2D eigenvalue weighted by molar-refractivity contribution is 5.70. The maximum absolute atomic E-state index is 11.0. The van der Waals surface area contributed by atoms with Crippen molar-refractivity contribution in [3.05, 3.63) is 53.2 Å². The first kappa shape index (κ1) is 12.0. The Labute approximate surface area is 111 Å². The van der Waals surface area contributed by atoms with E-state index in [4.69, 9.17) is 9.52 Å². The average molecular weight is 257 g/mol. The van der Waals surface area contributed by atoms with Gasteiger partial charge in [-0.2, -0.15) is 0 Å². The third-order valence-corrected chi connectivity index (χ3v) is 3.53. The number of oxazole rings is 1. The minimum Gasteiger partial charge on any atom is -0.481 e. The van der Waals surface area contributed by atoms with Crippen molar-refractivity contribution in [2.24, 2.45) is 5.92 Å². The zero-order valence-electron chi connectivity index (χ0n) is 10.5. The molecule has 0 aliphatic heterocycles. The van der Waals surface area contributed by atoms with Crippen LogP contribution in [0.2, 0.25) is 0 Å². The Hall–Kier alpha value is -2.10. The van der Waals surface area contributed by atoms with Gasteiger partial charge in [0.05, 0.1) is 11.6 Å². The van der Waals surface area contributed by atoms with Crippen molar-refractivity contribution >= 4 is 5.97 Å². The maximum atomic E-state index is 11.0. The van der Waals surface area contributed by atoms with Crippen LogP contribution in [0.15, 0.2) is 34.7 Å². The molecule has 4 heteroatoms. The molecule has 0 fully saturated rings. The molecule has 4 nitrogen and oxygen atoms in total. The number of carboxylic acid groups (broad SMARTS) is 1. The SMILES string of the molecule is O=C(O)C1CCc2nc(Cc3ccccc3)oc2C1. The topological polar surface area (TPSA) is 63.3 Å². The summed E-state index contributed by atoms with van der Waals surface area (Å²) in [7, 11) is 0. The van der Waals surface area contributed by atoms with Gasteiger partial charge < -0.3 is 9.52 Å². The second kappa shape index (κ2) is 4.88. The van der Waals surface area contributed by atoms with Gasteiger partial charge in [0, 0.05) is 12.8 Å². The van der Waals surface area contributed by atoms with Crippen LogP contribution in [0.3, 0.4) is 0 Å². The average Bonchev–Trinajstić information content (AvgIpc) is 2.80. The molecule has 1 N–H and O–H groups in total. The molecule has 98 valence electrons. The van der Waals surface area contributed by atoms with E-state index in [1.165, 1.54) is 0 Å². The fraction of sp³-hybridized carbons (Fsp3) is 0.333. The first-order valence-corrected chi connectivity index (χ1v) is 6.46. The Bertz CT molecular complexity index is 589. The van der Waals surface area contributed by atoms with E-state index >= 15 is 0 Å². The minimum atomic E-state index is -0.744. The van der Waals surface area contributed by atoms with Gasteiger partial charge in [0.15, 0.2) is 5.89 Å². The first-order valence-electron chi connectivity index (χ1n) is 6.46. The zero-order chi connectivity index (χ0) is 13.2. The van der Waals surface area contributed by atoms with E-state index in [0.717, 1.165) is 17.0 Å². The largest absolute Gasteiger partial charge is 0.481 e. The highest BCUT2D eigenvalue weighted by Gasteiger charge is 2.28. The van der Waals surface area contributed by atoms with Gasteiger partial charge in [0.1, 0.15) is 5.76 Å². The molecular formula is C15H15NO3. The van der Waals surface area contributed by atoms with Crippen LogP contribution < -0.4 is 0 Å². The van der Waals surface area contributed by atoms with Gasteiger partial charge in [-0.1, -0.05) is 30.3 Å². The first-order chi connectivity index (χ1) is 9.22. The molecule has 1 aromatic heterocycles. The summed E-state index contributed by atoms with van der Waals surface area (Å²) >= 11 is 0. The number of hydrogen-bond acceptors (Lipinski definition) is 3. The van der Waals surface area contributed by atoms with Crippen molar-refractivity contribution in [3.63, 3.8) is 0 Å². The van der Waals surface area contributed by atoms with Crippen molar-refractivity contribution in [3.8, 4) is 0 Å². The van der Waals surface area contributed by atoms with E-state index in [-0.39, 0.29) is 5.92 Å². The monoisotopic (exact) mass is 257 g/mol. The van der Waals surface area contributed by atoms with E-state index in [9.17, 15) is 4.79 Å². The summed E-state index contributed by atoms with van der Waals surface area (Å²) < 4.78 is 5.72. The lowest BCUT2D eigenvalue weighted by Crippen LogP contribution is -2.21. The van der Waals surface area contributed by atoms with Crippen LogP contribution in [-0.2, 0) is 24.1 Å². The van der Waals surface area contributed by atoms with Crippen LogP contribution >= 0.6 is 0 Å².